The number of allylic oxidation sites excluding steroid dienone is 2. The molecule has 0 N–H and O–H groups in total. The lowest BCUT2D eigenvalue weighted by Gasteiger charge is -2.27. The van der Waals surface area contributed by atoms with Crippen LogP contribution in [0.15, 0.2) is 64.9 Å². The minimum absolute atomic E-state index is 0.198. The molecule has 1 heterocycles. The fraction of sp³-hybridized carbons (Fsp3) is 0.318. The molecule has 0 atom stereocenters. The summed E-state index contributed by atoms with van der Waals surface area (Å²) in [6.07, 6.45) is 13.0. The van der Waals surface area contributed by atoms with Crippen molar-refractivity contribution >= 4 is 16.8 Å². The van der Waals surface area contributed by atoms with Gasteiger partial charge in [-0.3, -0.25) is 9.59 Å². The third kappa shape index (κ3) is 2.83. The molecule has 0 bridgehead atoms. The number of pyridine rings is 1. The molecule has 4 heteroatoms. The smallest absolute Gasteiger partial charge is 0.263 e. The zero-order chi connectivity index (χ0) is 18.1. The first-order chi connectivity index (χ1) is 12.7. The number of nitrogens with zero attached hydrogens (tertiary/aromatic N) is 2. The SMILES string of the molecule is CN(C(=O)c1cn(C2CCCCC2)c2ccccc2c1=O)C1=C=CC=C1. The van der Waals surface area contributed by atoms with E-state index in [0.717, 1.165) is 18.4 Å². The highest BCUT2D eigenvalue weighted by Crippen LogP contribution is 2.30. The van der Waals surface area contributed by atoms with Crippen LogP contribution in [0.5, 0.6) is 0 Å². The zero-order valence-electron chi connectivity index (χ0n) is 14.9. The molecule has 1 amide bonds. The van der Waals surface area contributed by atoms with Gasteiger partial charge in [0, 0.05) is 24.7 Å². The Balaban J connectivity index is 1.85. The quantitative estimate of drug-likeness (QED) is 0.782. The molecule has 2 aliphatic rings. The first-order valence-corrected chi connectivity index (χ1v) is 9.22. The average molecular weight is 346 g/mol. The van der Waals surface area contributed by atoms with Gasteiger partial charge in [0.2, 0.25) is 5.43 Å². The van der Waals surface area contributed by atoms with Gasteiger partial charge in [-0.2, -0.15) is 0 Å². The van der Waals surface area contributed by atoms with Gasteiger partial charge < -0.3 is 9.47 Å². The Labute approximate surface area is 152 Å². The van der Waals surface area contributed by atoms with Crippen molar-refractivity contribution < 1.29 is 4.79 Å². The second kappa shape index (κ2) is 6.81. The number of hydrogen-bond donors (Lipinski definition) is 0. The average Bonchev–Trinajstić information content (AvgIpc) is 3.23. The zero-order valence-corrected chi connectivity index (χ0v) is 14.9. The molecule has 0 saturated heterocycles. The fourth-order valence-corrected chi connectivity index (χ4v) is 3.94. The predicted molar refractivity (Wildman–Crippen MR) is 103 cm³/mol. The first kappa shape index (κ1) is 16.6. The molecule has 1 aromatic carbocycles. The van der Waals surface area contributed by atoms with E-state index in [4.69, 9.17) is 0 Å². The molecule has 0 unspecified atom stereocenters. The molecule has 26 heavy (non-hydrogen) atoms. The molecule has 4 rings (SSSR count). The maximum absolute atomic E-state index is 13.0. The Morgan fingerprint density at radius 1 is 1.19 bits per heavy atom. The number of benzene rings is 1. The van der Waals surface area contributed by atoms with Gasteiger partial charge in [0.05, 0.1) is 11.2 Å². The van der Waals surface area contributed by atoms with Gasteiger partial charge in [0.25, 0.3) is 5.91 Å². The van der Waals surface area contributed by atoms with Crippen LogP contribution in [-0.4, -0.2) is 22.4 Å². The van der Waals surface area contributed by atoms with Crippen LogP contribution < -0.4 is 5.43 Å². The normalized spacial score (nSPS) is 16.9. The monoisotopic (exact) mass is 346 g/mol. The molecular weight excluding hydrogens is 324 g/mol. The van der Waals surface area contributed by atoms with E-state index in [1.54, 1.807) is 19.3 Å². The minimum Gasteiger partial charge on any atom is -0.343 e. The summed E-state index contributed by atoms with van der Waals surface area (Å²) >= 11 is 0. The van der Waals surface area contributed by atoms with Crippen molar-refractivity contribution in [1.82, 2.24) is 9.47 Å². The van der Waals surface area contributed by atoms with Crippen LogP contribution in [0.2, 0.25) is 0 Å². The number of carbonyl (C=O) groups is 1. The Morgan fingerprint density at radius 3 is 2.69 bits per heavy atom. The van der Waals surface area contributed by atoms with Crippen molar-refractivity contribution in [1.29, 1.82) is 0 Å². The first-order valence-electron chi connectivity index (χ1n) is 9.22. The van der Waals surface area contributed by atoms with Crippen molar-refractivity contribution in [3.8, 4) is 0 Å². The number of fused-ring (bicyclic) bond motifs is 1. The molecule has 0 radical (unpaired) electrons. The third-order valence-electron chi connectivity index (χ3n) is 5.39. The summed E-state index contributed by atoms with van der Waals surface area (Å²) in [5.41, 5.74) is 4.64. The number of amides is 1. The second-order valence-electron chi connectivity index (χ2n) is 7.01. The van der Waals surface area contributed by atoms with E-state index in [-0.39, 0.29) is 16.9 Å². The topological polar surface area (TPSA) is 42.3 Å². The van der Waals surface area contributed by atoms with Crippen molar-refractivity contribution in [2.24, 2.45) is 0 Å². The molecule has 1 aromatic heterocycles. The van der Waals surface area contributed by atoms with Gasteiger partial charge in [-0.25, -0.2) is 0 Å². The van der Waals surface area contributed by atoms with Gasteiger partial charge >= 0.3 is 0 Å². The summed E-state index contributed by atoms with van der Waals surface area (Å²) in [5.74, 6) is -0.284. The molecule has 2 aliphatic carbocycles. The van der Waals surface area contributed by atoms with Crippen LogP contribution >= 0.6 is 0 Å². The summed E-state index contributed by atoms with van der Waals surface area (Å²) in [7, 11) is 1.69. The van der Waals surface area contributed by atoms with E-state index in [1.807, 2.05) is 36.4 Å². The number of likely N-dealkylation sites (N-methyl/N-ethyl adjacent to an activating group) is 1. The summed E-state index contributed by atoms with van der Waals surface area (Å²) in [6.45, 7) is 0. The van der Waals surface area contributed by atoms with Gasteiger partial charge in [-0.05, 0) is 37.1 Å². The lowest BCUT2D eigenvalue weighted by atomic mass is 9.94. The second-order valence-corrected chi connectivity index (χ2v) is 7.01. The number of hydrogen-bond acceptors (Lipinski definition) is 2. The number of rotatable bonds is 3. The summed E-state index contributed by atoms with van der Waals surface area (Å²) in [5, 5.41) is 0.615. The van der Waals surface area contributed by atoms with E-state index < -0.39 is 0 Å². The number of aromatic nitrogens is 1. The van der Waals surface area contributed by atoms with Gasteiger partial charge in [0.1, 0.15) is 5.56 Å². The van der Waals surface area contributed by atoms with Crippen LogP contribution in [-0.2, 0) is 0 Å². The lowest BCUT2D eigenvalue weighted by molar-refractivity contribution is 0.0839. The lowest BCUT2D eigenvalue weighted by Crippen LogP contribution is -2.31. The maximum Gasteiger partial charge on any atom is 0.263 e. The third-order valence-corrected chi connectivity index (χ3v) is 5.39. The van der Waals surface area contributed by atoms with Crippen molar-refractivity contribution in [2.45, 2.75) is 38.1 Å². The summed E-state index contributed by atoms with van der Waals surface area (Å²) in [4.78, 5) is 27.5. The maximum atomic E-state index is 13.0. The van der Waals surface area contributed by atoms with E-state index >= 15 is 0 Å². The van der Waals surface area contributed by atoms with E-state index in [9.17, 15) is 9.59 Å². The number of carbonyl (C=O) groups excluding carboxylic acids is 1. The van der Waals surface area contributed by atoms with Crippen LogP contribution in [0, 0.1) is 0 Å². The molecule has 0 aliphatic heterocycles. The molecule has 4 nitrogen and oxygen atoms in total. The number of para-hydroxylation sites is 1. The summed E-state index contributed by atoms with van der Waals surface area (Å²) in [6, 6.07) is 7.96. The molecule has 1 fully saturated rings. The van der Waals surface area contributed by atoms with Crippen molar-refractivity contribution in [2.75, 3.05) is 7.05 Å². The molecule has 2 aromatic rings. The molecular formula is C22H22N2O2. The van der Waals surface area contributed by atoms with Crippen LogP contribution in [0.1, 0.15) is 48.5 Å². The highest BCUT2D eigenvalue weighted by atomic mass is 16.2. The molecule has 0 spiro atoms. The Bertz CT molecular complexity index is 1020. The van der Waals surface area contributed by atoms with E-state index in [0.29, 0.717) is 17.1 Å². The van der Waals surface area contributed by atoms with Gasteiger partial charge in [-0.1, -0.05) is 43.2 Å². The van der Waals surface area contributed by atoms with Crippen LogP contribution in [0.25, 0.3) is 10.9 Å². The standard InChI is InChI=1S/C22H22N2O2/c1-23(16-9-5-6-10-16)22(26)19-15-24(17-11-3-2-4-12-17)20-14-8-7-13-18(20)21(19)25/h5-9,13-15,17H,2-4,11-12H2,1H3. The largest absolute Gasteiger partial charge is 0.343 e. The predicted octanol–water partition coefficient (Wildman–Crippen LogP) is 4.19. The minimum atomic E-state index is -0.284. The van der Waals surface area contributed by atoms with Gasteiger partial charge in [-0.15, -0.1) is 0 Å². The molecule has 132 valence electrons. The van der Waals surface area contributed by atoms with E-state index in [2.05, 4.69) is 10.3 Å². The highest BCUT2D eigenvalue weighted by molar-refractivity contribution is 5.98. The van der Waals surface area contributed by atoms with Crippen LogP contribution in [0.4, 0.5) is 0 Å². The van der Waals surface area contributed by atoms with Crippen LogP contribution in [0.3, 0.4) is 0 Å². The summed E-state index contributed by atoms with van der Waals surface area (Å²) < 4.78 is 2.16. The molecule has 1 saturated carbocycles. The Kier molecular flexibility index (Phi) is 4.36. The van der Waals surface area contributed by atoms with Gasteiger partial charge in [0.15, 0.2) is 0 Å². The van der Waals surface area contributed by atoms with Crippen molar-refractivity contribution in [3.63, 3.8) is 0 Å². The fourth-order valence-electron chi connectivity index (χ4n) is 3.94. The van der Waals surface area contributed by atoms with Crippen molar-refractivity contribution in [3.05, 3.63) is 75.9 Å². The highest BCUT2D eigenvalue weighted by Gasteiger charge is 2.23. The Hall–Kier alpha value is -2.84. The Morgan fingerprint density at radius 2 is 1.96 bits per heavy atom. The van der Waals surface area contributed by atoms with E-state index in [1.165, 1.54) is 24.2 Å².